The fourth-order valence-electron chi connectivity index (χ4n) is 5.17. The van der Waals surface area contributed by atoms with Crippen LogP contribution < -0.4 is 20.3 Å². The smallest absolute Gasteiger partial charge is 0.262 e. The molecule has 8 nitrogen and oxygen atoms in total. The number of aromatic nitrogens is 2. The molecule has 4 aromatic rings. The predicted molar refractivity (Wildman–Crippen MR) is 161 cm³/mol. The third-order valence-electron chi connectivity index (χ3n) is 7.09. The average Bonchev–Trinajstić information content (AvgIpc) is 3.46. The van der Waals surface area contributed by atoms with Gasteiger partial charge in [0.1, 0.15) is 5.75 Å². The fraction of sp³-hybridized carbons (Fsp3) is 0.258. The van der Waals surface area contributed by atoms with E-state index < -0.39 is 0 Å². The van der Waals surface area contributed by atoms with Crippen LogP contribution in [0.5, 0.6) is 5.75 Å². The van der Waals surface area contributed by atoms with E-state index in [1.807, 2.05) is 72.8 Å². The Morgan fingerprint density at radius 3 is 2.50 bits per heavy atom. The lowest BCUT2D eigenvalue weighted by molar-refractivity contribution is -0.118. The van der Waals surface area contributed by atoms with Crippen molar-refractivity contribution in [3.05, 3.63) is 108 Å². The molecule has 1 saturated heterocycles. The summed E-state index contributed by atoms with van der Waals surface area (Å²) in [5.41, 5.74) is 6.02. The summed E-state index contributed by atoms with van der Waals surface area (Å²) in [7, 11) is 1.72. The number of nitrogens with one attached hydrogen (secondary N) is 2. The Bertz CT molecular complexity index is 1460. The number of para-hydroxylation sites is 1. The number of carbonyl (C=O) groups is 1. The average molecular weight is 556 g/mol. The minimum atomic E-state index is -0.230. The van der Waals surface area contributed by atoms with Gasteiger partial charge < -0.3 is 29.6 Å². The van der Waals surface area contributed by atoms with Gasteiger partial charge in [0.2, 0.25) is 0 Å². The van der Waals surface area contributed by atoms with Gasteiger partial charge in [0.25, 0.3) is 5.91 Å². The molecule has 206 valence electrons. The van der Waals surface area contributed by atoms with E-state index in [1.54, 1.807) is 13.3 Å². The van der Waals surface area contributed by atoms with E-state index in [2.05, 4.69) is 45.0 Å². The molecule has 0 spiro atoms. The Labute approximate surface area is 239 Å². The first-order valence-electron chi connectivity index (χ1n) is 13.2. The van der Waals surface area contributed by atoms with Crippen molar-refractivity contribution in [1.82, 2.24) is 14.9 Å². The number of hydrogen-bond acceptors (Lipinski definition) is 5. The van der Waals surface area contributed by atoms with Gasteiger partial charge in [-0.25, -0.2) is 0 Å². The van der Waals surface area contributed by atoms with Crippen LogP contribution in [0.3, 0.4) is 0 Å². The zero-order valence-corrected chi connectivity index (χ0v) is 23.7. The summed E-state index contributed by atoms with van der Waals surface area (Å²) in [5.74, 6) is 0.421. The van der Waals surface area contributed by atoms with Crippen LogP contribution in [0.15, 0.2) is 85.1 Å². The lowest BCUT2D eigenvalue weighted by Crippen LogP contribution is -2.29. The first-order valence-corrected chi connectivity index (χ1v) is 13.6. The highest BCUT2D eigenvalue weighted by atomic mass is 32.1. The predicted octanol–water partition coefficient (Wildman–Crippen LogP) is 5.34. The van der Waals surface area contributed by atoms with E-state index in [0.29, 0.717) is 23.2 Å². The highest BCUT2D eigenvalue weighted by Gasteiger charge is 2.42. The Balaban J connectivity index is 1.40. The second-order valence-electron chi connectivity index (χ2n) is 9.66. The highest BCUT2D eigenvalue weighted by Crippen LogP contribution is 2.43. The molecule has 1 aliphatic rings. The molecule has 2 atom stereocenters. The molecule has 0 bridgehead atoms. The third kappa shape index (κ3) is 5.85. The van der Waals surface area contributed by atoms with Crippen molar-refractivity contribution >= 4 is 34.6 Å². The highest BCUT2D eigenvalue weighted by molar-refractivity contribution is 7.80. The topological polar surface area (TPSA) is 80.7 Å². The number of methoxy groups -OCH3 is 1. The first kappa shape index (κ1) is 27.4. The summed E-state index contributed by atoms with van der Waals surface area (Å²) in [6.07, 6.45) is 1.81. The van der Waals surface area contributed by atoms with Crippen LogP contribution in [-0.4, -0.2) is 40.9 Å². The number of thiocarbonyl (C=S) groups is 1. The molecule has 5 rings (SSSR count). The van der Waals surface area contributed by atoms with Gasteiger partial charge >= 0.3 is 0 Å². The fourth-order valence-corrected chi connectivity index (χ4v) is 5.52. The zero-order valence-electron chi connectivity index (χ0n) is 22.8. The number of amides is 1. The minimum Gasteiger partial charge on any atom is -0.484 e. The van der Waals surface area contributed by atoms with Gasteiger partial charge in [-0.2, -0.15) is 0 Å². The molecule has 0 aliphatic carbocycles. The number of anilines is 2. The number of nitrogens with zero attached hydrogens (tertiary/aromatic N) is 3. The maximum Gasteiger partial charge on any atom is 0.262 e. The van der Waals surface area contributed by atoms with Gasteiger partial charge in [-0.05, 0) is 86.2 Å². The Kier molecular flexibility index (Phi) is 8.42. The molecule has 1 aliphatic heterocycles. The normalized spacial score (nSPS) is 16.6. The maximum atomic E-state index is 12.5. The van der Waals surface area contributed by atoms with Crippen molar-refractivity contribution < 1.29 is 14.3 Å². The summed E-state index contributed by atoms with van der Waals surface area (Å²) in [4.78, 5) is 19.3. The molecular weight excluding hydrogens is 522 g/mol. The quantitative estimate of drug-likeness (QED) is 0.256. The van der Waals surface area contributed by atoms with Crippen LogP contribution in [0.25, 0.3) is 0 Å². The molecule has 40 heavy (non-hydrogen) atoms. The minimum absolute atomic E-state index is 0.0710. The van der Waals surface area contributed by atoms with Crippen LogP contribution in [0.1, 0.15) is 34.7 Å². The number of aryl methyl sites for hydroxylation is 1. The number of benzene rings is 2. The molecule has 1 fully saturated rings. The monoisotopic (exact) mass is 555 g/mol. The van der Waals surface area contributed by atoms with Crippen LogP contribution in [0.4, 0.5) is 11.4 Å². The van der Waals surface area contributed by atoms with E-state index in [4.69, 9.17) is 21.7 Å². The third-order valence-corrected chi connectivity index (χ3v) is 7.41. The van der Waals surface area contributed by atoms with E-state index in [0.717, 1.165) is 23.6 Å². The summed E-state index contributed by atoms with van der Waals surface area (Å²) in [6.45, 7) is 5.59. The molecule has 0 unspecified atom stereocenters. The van der Waals surface area contributed by atoms with Gasteiger partial charge in [0, 0.05) is 42.6 Å². The number of carbonyl (C=O) groups excluding carboxylic acids is 1. The number of hydrogen-bond donors (Lipinski definition) is 2. The summed E-state index contributed by atoms with van der Waals surface area (Å²) >= 11 is 5.89. The van der Waals surface area contributed by atoms with Gasteiger partial charge in [-0.1, -0.05) is 24.3 Å². The van der Waals surface area contributed by atoms with E-state index in [-0.39, 0.29) is 24.6 Å². The summed E-state index contributed by atoms with van der Waals surface area (Å²) < 4.78 is 13.2. The Morgan fingerprint density at radius 2 is 1.80 bits per heavy atom. The molecular formula is C31H33N5O3S. The molecule has 2 aromatic carbocycles. The number of pyridine rings is 1. The van der Waals surface area contributed by atoms with Crippen molar-refractivity contribution in [1.29, 1.82) is 0 Å². The second kappa shape index (κ2) is 12.3. The molecule has 9 heteroatoms. The van der Waals surface area contributed by atoms with Crippen LogP contribution >= 0.6 is 12.2 Å². The Hall–Kier alpha value is -4.21. The molecule has 0 saturated carbocycles. The van der Waals surface area contributed by atoms with Crippen molar-refractivity contribution in [3.8, 4) is 5.75 Å². The van der Waals surface area contributed by atoms with Crippen molar-refractivity contribution in [2.75, 3.05) is 30.5 Å². The van der Waals surface area contributed by atoms with Crippen LogP contribution in [0.2, 0.25) is 0 Å². The molecule has 2 aromatic heterocycles. The lowest BCUT2D eigenvalue weighted by atomic mass is 9.96. The Morgan fingerprint density at radius 1 is 1.05 bits per heavy atom. The zero-order chi connectivity index (χ0) is 28.1. The van der Waals surface area contributed by atoms with E-state index >= 15 is 0 Å². The van der Waals surface area contributed by atoms with Crippen LogP contribution in [-0.2, 0) is 16.1 Å². The largest absolute Gasteiger partial charge is 0.484 e. The second-order valence-corrected chi connectivity index (χ2v) is 10.1. The van der Waals surface area contributed by atoms with Crippen molar-refractivity contribution in [2.24, 2.45) is 0 Å². The van der Waals surface area contributed by atoms with Gasteiger partial charge in [0.05, 0.1) is 24.4 Å². The van der Waals surface area contributed by atoms with Gasteiger partial charge in [-0.15, -0.1) is 0 Å². The van der Waals surface area contributed by atoms with Crippen molar-refractivity contribution in [2.45, 2.75) is 32.5 Å². The number of rotatable bonds is 10. The molecule has 1 amide bonds. The summed E-state index contributed by atoms with van der Waals surface area (Å²) in [6, 6.07) is 24.9. The van der Waals surface area contributed by atoms with Gasteiger partial charge in [-0.3, -0.25) is 9.78 Å². The molecule has 0 radical (unpaired) electrons. The van der Waals surface area contributed by atoms with Gasteiger partial charge in [0.15, 0.2) is 11.7 Å². The standard InChI is InChI=1S/C31H33N5O3S/c1-21-19-26(22(2)35(21)17-18-38-3)30-29(27-11-7-8-16-32-27)34-31(40)36(30)24-14-12-23(13-15-24)33-28(37)20-39-25-9-5-4-6-10-25/h4-16,19,29-30H,17-18,20H2,1-3H3,(H,33,37)(H,34,40)/t29-,30-/m0/s1. The molecule has 2 N–H and O–H groups in total. The lowest BCUT2D eigenvalue weighted by Gasteiger charge is -2.28. The van der Waals surface area contributed by atoms with Crippen LogP contribution in [0, 0.1) is 13.8 Å². The first-order chi connectivity index (χ1) is 19.5. The molecule has 3 heterocycles. The SMILES string of the molecule is COCCn1c(C)cc([C@H]2[C@H](c3ccccn3)NC(=S)N2c2ccc(NC(=O)COc3ccccc3)cc2)c1C. The van der Waals surface area contributed by atoms with E-state index in [9.17, 15) is 4.79 Å². The van der Waals surface area contributed by atoms with E-state index in [1.165, 1.54) is 11.3 Å². The number of ether oxygens (including phenoxy) is 2. The van der Waals surface area contributed by atoms with Crippen molar-refractivity contribution in [3.63, 3.8) is 0 Å². The summed E-state index contributed by atoms with van der Waals surface area (Å²) in [5, 5.41) is 7.04. The maximum absolute atomic E-state index is 12.5.